The first-order valence-corrected chi connectivity index (χ1v) is 9.19. The molecule has 0 radical (unpaired) electrons. The number of hydrogen-bond donors (Lipinski definition) is 3. The Morgan fingerprint density at radius 2 is 1.92 bits per heavy atom. The number of rotatable bonds is 8. The van der Waals surface area contributed by atoms with E-state index in [2.05, 4.69) is 32.7 Å². The molecule has 1 amide bonds. The van der Waals surface area contributed by atoms with Gasteiger partial charge in [0, 0.05) is 26.1 Å². The lowest BCUT2D eigenvalue weighted by Gasteiger charge is -2.30. The number of unbranched alkanes of at least 4 members (excludes halogenated alkanes) is 1. The van der Waals surface area contributed by atoms with Gasteiger partial charge in [0.25, 0.3) is 0 Å². The van der Waals surface area contributed by atoms with Gasteiger partial charge in [-0.05, 0) is 50.9 Å². The lowest BCUT2D eigenvalue weighted by atomic mass is 9.96. The van der Waals surface area contributed by atoms with Gasteiger partial charge in [0.05, 0.1) is 0 Å². The van der Waals surface area contributed by atoms with Crippen LogP contribution >= 0.6 is 0 Å². The van der Waals surface area contributed by atoms with Crippen LogP contribution in [0, 0.1) is 5.92 Å². The van der Waals surface area contributed by atoms with Crippen LogP contribution in [-0.4, -0.2) is 50.0 Å². The second-order valence-electron chi connectivity index (χ2n) is 6.56. The molecule has 1 aromatic carbocycles. The molecule has 4 N–H and O–H groups in total. The summed E-state index contributed by atoms with van der Waals surface area (Å²) in [6, 6.07) is 10.3. The van der Waals surface area contributed by atoms with Crippen LogP contribution in [0.25, 0.3) is 0 Å². The van der Waals surface area contributed by atoms with Crippen molar-refractivity contribution in [2.24, 2.45) is 16.6 Å². The molecular weight excluding hydrogens is 314 g/mol. The molecule has 1 saturated heterocycles. The quantitative estimate of drug-likeness (QED) is 0.377. The van der Waals surface area contributed by atoms with E-state index in [0.717, 1.165) is 64.4 Å². The fourth-order valence-electron chi connectivity index (χ4n) is 3.11. The summed E-state index contributed by atoms with van der Waals surface area (Å²) in [6.45, 7) is 4.74. The predicted octanol–water partition coefficient (Wildman–Crippen LogP) is 1.33. The standard InChI is InChI=1S/C19H31N5O/c1-21-19(23-15-16-7-3-2-4-8-16)22-11-5-6-12-24-13-9-17(10-14-24)18(20)25/h2-4,7-8,17H,5-6,9-15H2,1H3,(H2,20,25)(H2,21,22,23). The lowest BCUT2D eigenvalue weighted by molar-refractivity contribution is -0.123. The summed E-state index contributed by atoms with van der Waals surface area (Å²) in [5.41, 5.74) is 6.61. The van der Waals surface area contributed by atoms with Crippen molar-refractivity contribution in [2.45, 2.75) is 32.2 Å². The molecule has 0 unspecified atom stereocenters. The van der Waals surface area contributed by atoms with Crippen LogP contribution < -0.4 is 16.4 Å². The van der Waals surface area contributed by atoms with E-state index in [1.54, 1.807) is 7.05 Å². The van der Waals surface area contributed by atoms with Crippen molar-refractivity contribution < 1.29 is 4.79 Å². The van der Waals surface area contributed by atoms with Crippen LogP contribution in [0.15, 0.2) is 35.3 Å². The van der Waals surface area contributed by atoms with Crippen LogP contribution in [0.2, 0.25) is 0 Å². The molecule has 1 aliphatic heterocycles. The van der Waals surface area contributed by atoms with Crippen molar-refractivity contribution in [3.05, 3.63) is 35.9 Å². The molecule has 1 aliphatic rings. The normalized spacial score (nSPS) is 16.6. The van der Waals surface area contributed by atoms with Gasteiger partial charge in [-0.1, -0.05) is 30.3 Å². The Hall–Kier alpha value is -2.08. The van der Waals surface area contributed by atoms with Crippen LogP contribution in [0.4, 0.5) is 0 Å². The van der Waals surface area contributed by atoms with Gasteiger partial charge in [-0.15, -0.1) is 0 Å². The first kappa shape index (κ1) is 19.2. The monoisotopic (exact) mass is 345 g/mol. The summed E-state index contributed by atoms with van der Waals surface area (Å²) < 4.78 is 0. The van der Waals surface area contributed by atoms with E-state index in [9.17, 15) is 4.79 Å². The number of aliphatic imine (C=N–C) groups is 1. The van der Waals surface area contributed by atoms with Gasteiger partial charge in [-0.2, -0.15) is 0 Å². The minimum atomic E-state index is -0.141. The Kier molecular flexibility index (Phi) is 8.25. The number of likely N-dealkylation sites (tertiary alicyclic amines) is 1. The Morgan fingerprint density at radius 1 is 1.20 bits per heavy atom. The first-order valence-electron chi connectivity index (χ1n) is 9.19. The number of nitrogens with two attached hydrogens (primary N) is 1. The molecule has 0 atom stereocenters. The molecule has 1 fully saturated rings. The van der Waals surface area contributed by atoms with Gasteiger partial charge >= 0.3 is 0 Å². The number of guanidine groups is 1. The molecule has 0 aliphatic carbocycles. The number of carbonyl (C=O) groups excluding carboxylic acids is 1. The van der Waals surface area contributed by atoms with E-state index in [1.165, 1.54) is 5.56 Å². The molecule has 0 aromatic heterocycles. The van der Waals surface area contributed by atoms with Crippen molar-refractivity contribution in [2.75, 3.05) is 33.2 Å². The summed E-state index contributed by atoms with van der Waals surface area (Å²) in [7, 11) is 1.79. The third-order valence-electron chi connectivity index (χ3n) is 4.71. The Morgan fingerprint density at radius 3 is 2.56 bits per heavy atom. The summed E-state index contributed by atoms with van der Waals surface area (Å²) in [6.07, 6.45) is 4.05. The number of piperidine rings is 1. The van der Waals surface area contributed by atoms with Crippen LogP contribution in [0.1, 0.15) is 31.2 Å². The average molecular weight is 345 g/mol. The largest absolute Gasteiger partial charge is 0.369 e. The fraction of sp³-hybridized carbons (Fsp3) is 0.579. The second kappa shape index (κ2) is 10.7. The average Bonchev–Trinajstić information content (AvgIpc) is 2.65. The minimum absolute atomic E-state index is 0.0805. The van der Waals surface area contributed by atoms with E-state index in [4.69, 9.17) is 5.73 Å². The maximum Gasteiger partial charge on any atom is 0.220 e. The number of primary amides is 1. The zero-order valence-electron chi connectivity index (χ0n) is 15.2. The molecule has 0 bridgehead atoms. The highest BCUT2D eigenvalue weighted by molar-refractivity contribution is 5.79. The van der Waals surface area contributed by atoms with Gasteiger partial charge in [-0.25, -0.2) is 0 Å². The van der Waals surface area contributed by atoms with Gasteiger partial charge in [0.15, 0.2) is 5.96 Å². The molecule has 1 aromatic rings. The highest BCUT2D eigenvalue weighted by Crippen LogP contribution is 2.16. The molecule has 6 heteroatoms. The summed E-state index contributed by atoms with van der Waals surface area (Å²) >= 11 is 0. The maximum absolute atomic E-state index is 11.2. The van der Waals surface area contributed by atoms with Crippen molar-refractivity contribution in [3.8, 4) is 0 Å². The third kappa shape index (κ3) is 7.13. The topological polar surface area (TPSA) is 82.8 Å². The Bertz CT molecular complexity index is 538. The Balaban J connectivity index is 1.54. The van der Waals surface area contributed by atoms with E-state index in [1.807, 2.05) is 18.2 Å². The predicted molar refractivity (Wildman–Crippen MR) is 102 cm³/mol. The molecule has 2 rings (SSSR count). The Labute approximate surface area is 150 Å². The van der Waals surface area contributed by atoms with Crippen molar-refractivity contribution in [1.82, 2.24) is 15.5 Å². The van der Waals surface area contributed by atoms with Crippen LogP contribution in [0.5, 0.6) is 0 Å². The molecular formula is C19H31N5O. The highest BCUT2D eigenvalue weighted by atomic mass is 16.1. The number of amides is 1. The van der Waals surface area contributed by atoms with Gasteiger partial charge in [0.2, 0.25) is 5.91 Å². The summed E-state index contributed by atoms with van der Waals surface area (Å²) in [5, 5.41) is 6.68. The van der Waals surface area contributed by atoms with E-state index in [0.29, 0.717) is 0 Å². The maximum atomic E-state index is 11.2. The van der Waals surface area contributed by atoms with Crippen LogP contribution in [0.3, 0.4) is 0 Å². The van der Waals surface area contributed by atoms with E-state index in [-0.39, 0.29) is 11.8 Å². The van der Waals surface area contributed by atoms with E-state index < -0.39 is 0 Å². The fourth-order valence-corrected chi connectivity index (χ4v) is 3.11. The first-order chi connectivity index (χ1) is 12.2. The molecule has 25 heavy (non-hydrogen) atoms. The third-order valence-corrected chi connectivity index (χ3v) is 4.71. The molecule has 6 nitrogen and oxygen atoms in total. The molecule has 0 spiro atoms. The van der Waals surface area contributed by atoms with Gasteiger partial charge in [0.1, 0.15) is 0 Å². The van der Waals surface area contributed by atoms with E-state index >= 15 is 0 Å². The molecule has 0 saturated carbocycles. The smallest absolute Gasteiger partial charge is 0.220 e. The van der Waals surface area contributed by atoms with Crippen molar-refractivity contribution >= 4 is 11.9 Å². The lowest BCUT2D eigenvalue weighted by Crippen LogP contribution is -2.39. The number of nitrogens with zero attached hydrogens (tertiary/aromatic N) is 2. The van der Waals surface area contributed by atoms with Gasteiger partial charge in [-0.3, -0.25) is 9.79 Å². The molecule has 1 heterocycles. The molecule has 138 valence electrons. The highest BCUT2D eigenvalue weighted by Gasteiger charge is 2.22. The van der Waals surface area contributed by atoms with Crippen molar-refractivity contribution in [3.63, 3.8) is 0 Å². The second-order valence-corrected chi connectivity index (χ2v) is 6.56. The zero-order valence-corrected chi connectivity index (χ0v) is 15.2. The number of carbonyl (C=O) groups is 1. The zero-order chi connectivity index (χ0) is 17.9. The van der Waals surface area contributed by atoms with Crippen molar-refractivity contribution in [1.29, 1.82) is 0 Å². The number of hydrogen-bond acceptors (Lipinski definition) is 3. The number of benzene rings is 1. The van der Waals surface area contributed by atoms with Gasteiger partial charge < -0.3 is 21.3 Å². The van der Waals surface area contributed by atoms with Crippen LogP contribution in [-0.2, 0) is 11.3 Å². The summed E-state index contributed by atoms with van der Waals surface area (Å²) in [4.78, 5) is 17.9. The number of nitrogens with one attached hydrogen (secondary N) is 2. The summed E-state index contributed by atoms with van der Waals surface area (Å²) in [5.74, 6) is 0.779. The minimum Gasteiger partial charge on any atom is -0.369 e. The SMILES string of the molecule is CN=C(NCCCCN1CCC(C(N)=O)CC1)NCc1ccccc1.